The lowest BCUT2D eigenvalue weighted by atomic mass is 10.1. The van der Waals surface area contributed by atoms with Gasteiger partial charge in [-0.1, -0.05) is 42.5 Å². The van der Waals surface area contributed by atoms with Gasteiger partial charge in [0, 0.05) is 30.4 Å². The second-order valence-corrected chi connectivity index (χ2v) is 12.0. The highest BCUT2D eigenvalue weighted by molar-refractivity contribution is 7.89. The molecule has 2 atom stereocenters. The molecule has 6 rings (SSSR count). The molecule has 3 heterocycles. The summed E-state index contributed by atoms with van der Waals surface area (Å²) in [6, 6.07) is 26.2. The van der Waals surface area contributed by atoms with E-state index in [4.69, 9.17) is 9.84 Å². The standard InChI is InChI=1S/C31H28N6O3S/c1-21-18-36(19-22(2)40-21)41(38,39)27-12-8-9-23(16-27)30-25(20-37(35-30)26-10-4-3-5-11-26)15-24(17-32)31-33-28-13-6-7-14-29(28)34-31/h3-16,20-22H,18-19H2,1-2H3,(H,33,34)/b24-15-. The van der Waals surface area contributed by atoms with E-state index >= 15 is 0 Å². The molecule has 5 aromatic rings. The van der Waals surface area contributed by atoms with Crippen LogP contribution in [0.25, 0.3) is 39.6 Å². The van der Waals surface area contributed by atoms with Crippen molar-refractivity contribution in [1.82, 2.24) is 24.1 Å². The van der Waals surface area contributed by atoms with Crippen molar-refractivity contribution in [1.29, 1.82) is 5.26 Å². The number of benzene rings is 3. The Morgan fingerprint density at radius 3 is 2.49 bits per heavy atom. The highest BCUT2D eigenvalue weighted by Crippen LogP contribution is 2.31. The third kappa shape index (κ3) is 5.30. The van der Waals surface area contributed by atoms with Gasteiger partial charge in [-0.15, -0.1) is 0 Å². The molecule has 0 bridgehead atoms. The number of fused-ring (bicyclic) bond motifs is 1. The highest BCUT2D eigenvalue weighted by Gasteiger charge is 2.32. The van der Waals surface area contributed by atoms with Crippen LogP contribution in [0.3, 0.4) is 0 Å². The molecule has 0 spiro atoms. The second-order valence-electron chi connectivity index (χ2n) is 10.1. The maximum atomic E-state index is 13.6. The summed E-state index contributed by atoms with van der Waals surface area (Å²) in [7, 11) is -3.77. The van der Waals surface area contributed by atoms with E-state index in [0.29, 0.717) is 28.2 Å². The van der Waals surface area contributed by atoms with Crippen molar-refractivity contribution < 1.29 is 13.2 Å². The van der Waals surface area contributed by atoms with E-state index in [2.05, 4.69) is 16.0 Å². The predicted octanol–water partition coefficient (Wildman–Crippen LogP) is 5.28. The number of nitrogens with zero attached hydrogens (tertiary/aromatic N) is 5. The number of rotatable bonds is 6. The van der Waals surface area contributed by atoms with Crippen molar-refractivity contribution in [3.8, 4) is 23.0 Å². The lowest BCUT2D eigenvalue weighted by molar-refractivity contribution is -0.0440. The number of aromatic amines is 1. The van der Waals surface area contributed by atoms with Crippen molar-refractivity contribution in [2.75, 3.05) is 13.1 Å². The Balaban J connectivity index is 1.46. The Bertz CT molecular complexity index is 1860. The lowest BCUT2D eigenvalue weighted by Crippen LogP contribution is -2.48. The molecular weight excluding hydrogens is 536 g/mol. The summed E-state index contributed by atoms with van der Waals surface area (Å²) >= 11 is 0. The fraction of sp³-hybridized carbons (Fsp3) is 0.194. The maximum Gasteiger partial charge on any atom is 0.243 e. The summed E-state index contributed by atoms with van der Waals surface area (Å²) < 4.78 is 36.2. The Morgan fingerprint density at radius 1 is 1.02 bits per heavy atom. The summed E-state index contributed by atoms with van der Waals surface area (Å²) in [5, 5.41) is 14.9. The monoisotopic (exact) mass is 564 g/mol. The predicted molar refractivity (Wildman–Crippen MR) is 157 cm³/mol. The SMILES string of the molecule is CC1CN(S(=O)(=O)c2cccc(-c3nn(-c4ccccc4)cc3/C=C(/C#N)c3nc4ccccc4[nH]3)c2)CC(C)O1. The number of nitrogens with one attached hydrogen (secondary N) is 1. The van der Waals surface area contributed by atoms with Crippen LogP contribution < -0.4 is 0 Å². The smallest absolute Gasteiger partial charge is 0.243 e. The van der Waals surface area contributed by atoms with Crippen LogP contribution in [0.2, 0.25) is 0 Å². The van der Waals surface area contributed by atoms with Gasteiger partial charge in [-0.05, 0) is 56.3 Å². The van der Waals surface area contributed by atoms with E-state index in [1.807, 2.05) is 80.7 Å². The van der Waals surface area contributed by atoms with Crippen LogP contribution in [0.1, 0.15) is 25.2 Å². The summed E-state index contributed by atoms with van der Waals surface area (Å²) in [6.07, 6.45) is 3.17. The zero-order valence-corrected chi connectivity index (χ0v) is 23.4. The first-order chi connectivity index (χ1) is 19.8. The maximum absolute atomic E-state index is 13.6. The van der Waals surface area contributed by atoms with Crippen molar-refractivity contribution >= 4 is 32.7 Å². The van der Waals surface area contributed by atoms with Crippen LogP contribution in [-0.2, 0) is 14.8 Å². The van der Waals surface area contributed by atoms with Crippen LogP contribution in [-0.4, -0.2) is 57.8 Å². The zero-order valence-electron chi connectivity index (χ0n) is 22.6. The molecule has 1 saturated heterocycles. The molecule has 0 aliphatic carbocycles. The minimum atomic E-state index is -3.77. The van der Waals surface area contributed by atoms with Crippen molar-refractivity contribution in [2.24, 2.45) is 0 Å². The van der Waals surface area contributed by atoms with E-state index in [1.165, 1.54) is 4.31 Å². The summed E-state index contributed by atoms with van der Waals surface area (Å²) in [6.45, 7) is 4.32. The molecule has 3 aromatic carbocycles. The zero-order chi connectivity index (χ0) is 28.6. The quantitative estimate of drug-likeness (QED) is 0.281. The number of hydrogen-bond donors (Lipinski definition) is 1. The molecule has 1 fully saturated rings. The second kappa shape index (κ2) is 10.8. The minimum absolute atomic E-state index is 0.179. The van der Waals surface area contributed by atoms with Gasteiger partial charge in [-0.25, -0.2) is 18.1 Å². The van der Waals surface area contributed by atoms with Gasteiger partial charge in [0.25, 0.3) is 0 Å². The molecule has 1 aliphatic rings. The van der Waals surface area contributed by atoms with Gasteiger partial charge in [0.05, 0.1) is 39.4 Å². The molecule has 41 heavy (non-hydrogen) atoms. The normalized spacial score (nSPS) is 18.4. The first-order valence-corrected chi connectivity index (χ1v) is 14.7. The van der Waals surface area contributed by atoms with E-state index in [1.54, 1.807) is 29.0 Å². The van der Waals surface area contributed by atoms with E-state index in [-0.39, 0.29) is 30.2 Å². The first-order valence-electron chi connectivity index (χ1n) is 13.3. The average molecular weight is 565 g/mol. The fourth-order valence-corrected chi connectivity index (χ4v) is 6.74. The number of H-pyrrole nitrogens is 1. The molecule has 1 N–H and O–H groups in total. The molecule has 9 nitrogen and oxygen atoms in total. The van der Waals surface area contributed by atoms with Gasteiger partial charge in [0.1, 0.15) is 17.6 Å². The number of imidazole rings is 1. The number of hydrogen-bond acceptors (Lipinski definition) is 6. The Kier molecular flexibility index (Phi) is 7.01. The molecule has 2 aromatic heterocycles. The average Bonchev–Trinajstić information content (AvgIpc) is 3.60. The molecule has 1 aliphatic heterocycles. The van der Waals surface area contributed by atoms with Gasteiger partial charge in [-0.2, -0.15) is 14.7 Å². The number of aromatic nitrogens is 4. The molecule has 0 radical (unpaired) electrons. The molecule has 2 unspecified atom stereocenters. The number of allylic oxidation sites excluding steroid dienone is 1. The molecule has 10 heteroatoms. The van der Waals surface area contributed by atoms with Crippen LogP contribution in [0.4, 0.5) is 0 Å². The van der Waals surface area contributed by atoms with Crippen molar-refractivity contribution in [3.63, 3.8) is 0 Å². The minimum Gasteiger partial charge on any atom is -0.373 e. The lowest BCUT2D eigenvalue weighted by Gasteiger charge is -2.34. The first kappa shape index (κ1) is 26.7. The van der Waals surface area contributed by atoms with Gasteiger partial charge >= 0.3 is 0 Å². The van der Waals surface area contributed by atoms with Crippen molar-refractivity contribution in [2.45, 2.75) is 31.0 Å². The number of sulfonamides is 1. The Morgan fingerprint density at radius 2 is 1.76 bits per heavy atom. The van der Waals surface area contributed by atoms with E-state index < -0.39 is 10.0 Å². The van der Waals surface area contributed by atoms with Gasteiger partial charge in [0.2, 0.25) is 10.0 Å². The number of para-hydroxylation sites is 3. The van der Waals surface area contributed by atoms with Gasteiger partial charge in [-0.3, -0.25) is 0 Å². The van der Waals surface area contributed by atoms with Crippen LogP contribution in [0, 0.1) is 11.3 Å². The summed E-state index contributed by atoms with van der Waals surface area (Å²) in [5.41, 5.74) is 4.55. The van der Waals surface area contributed by atoms with Crippen LogP contribution in [0.15, 0.2) is 90.0 Å². The fourth-order valence-electron chi connectivity index (χ4n) is 5.10. The topological polar surface area (TPSA) is 117 Å². The van der Waals surface area contributed by atoms with Gasteiger partial charge < -0.3 is 9.72 Å². The third-order valence-corrected chi connectivity index (χ3v) is 8.79. The highest BCUT2D eigenvalue weighted by atomic mass is 32.2. The molecule has 0 saturated carbocycles. The Labute approximate surface area is 238 Å². The number of nitriles is 1. The van der Waals surface area contributed by atoms with Crippen LogP contribution >= 0.6 is 0 Å². The number of ether oxygens (including phenoxy) is 1. The Hall–Kier alpha value is -4.56. The van der Waals surface area contributed by atoms with Gasteiger partial charge in [0.15, 0.2) is 0 Å². The summed E-state index contributed by atoms with van der Waals surface area (Å²) in [4.78, 5) is 7.98. The van der Waals surface area contributed by atoms with Crippen molar-refractivity contribution in [3.05, 3.63) is 96.4 Å². The molecule has 0 amide bonds. The molecular formula is C31H28N6O3S. The third-order valence-electron chi connectivity index (χ3n) is 6.96. The summed E-state index contributed by atoms with van der Waals surface area (Å²) in [5.74, 6) is 0.444. The largest absolute Gasteiger partial charge is 0.373 e. The van der Waals surface area contributed by atoms with Crippen LogP contribution in [0.5, 0.6) is 0 Å². The number of morpholine rings is 1. The van der Waals surface area contributed by atoms with E-state index in [0.717, 1.165) is 16.7 Å². The van der Waals surface area contributed by atoms with E-state index in [9.17, 15) is 13.7 Å². The molecule has 206 valence electrons.